The number of rotatable bonds is 14. The highest BCUT2D eigenvalue weighted by Crippen LogP contribution is 2.29. The fourth-order valence-corrected chi connectivity index (χ4v) is 3.30. The normalized spacial score (nSPS) is 13.6. The first-order valence-electron chi connectivity index (χ1n) is 10.7. The summed E-state index contributed by atoms with van der Waals surface area (Å²) in [7, 11) is 2.21. The van der Waals surface area contributed by atoms with Crippen LogP contribution in [0.25, 0.3) is 0 Å². The van der Waals surface area contributed by atoms with Gasteiger partial charge in [-0.1, -0.05) is 24.5 Å². The predicted molar refractivity (Wildman–Crippen MR) is 114 cm³/mol. The second kappa shape index (κ2) is 12.0. The highest BCUT2D eigenvalue weighted by Gasteiger charge is 2.22. The fourth-order valence-electron chi connectivity index (χ4n) is 3.30. The molecule has 0 N–H and O–H groups in total. The molecule has 1 aromatic carbocycles. The van der Waals surface area contributed by atoms with Gasteiger partial charge in [0.15, 0.2) is 5.78 Å². The summed E-state index contributed by atoms with van der Waals surface area (Å²) < 4.78 is 19.9. The zero-order valence-corrected chi connectivity index (χ0v) is 17.8. The molecule has 0 amide bonds. The lowest BCUT2D eigenvalue weighted by Gasteiger charge is -2.15. The van der Waals surface area contributed by atoms with Crippen molar-refractivity contribution >= 4 is 5.78 Å². The first-order chi connectivity index (χ1) is 13.5. The number of ether oxygens (including phenoxy) is 1. The second-order valence-corrected chi connectivity index (χ2v) is 8.35. The lowest BCUT2D eigenvalue weighted by atomic mass is 10.0. The number of halogens is 1. The van der Waals surface area contributed by atoms with Crippen LogP contribution in [0.2, 0.25) is 0 Å². The van der Waals surface area contributed by atoms with Gasteiger partial charge in [-0.2, -0.15) is 0 Å². The van der Waals surface area contributed by atoms with Gasteiger partial charge < -0.3 is 9.64 Å². The third-order valence-electron chi connectivity index (χ3n) is 5.13. The molecule has 1 aliphatic carbocycles. The molecule has 0 spiro atoms. The Morgan fingerprint density at radius 3 is 2.64 bits per heavy atom. The molecule has 0 aromatic heterocycles. The Morgan fingerprint density at radius 1 is 1.21 bits per heavy atom. The Morgan fingerprint density at radius 2 is 1.96 bits per heavy atom. The molecule has 0 atom stereocenters. The molecular weight excluding hydrogens is 353 g/mol. The third kappa shape index (κ3) is 9.01. The van der Waals surface area contributed by atoms with Crippen molar-refractivity contribution in [2.45, 2.75) is 65.2 Å². The van der Waals surface area contributed by atoms with E-state index in [0.29, 0.717) is 25.2 Å². The second-order valence-electron chi connectivity index (χ2n) is 8.35. The zero-order chi connectivity index (χ0) is 20.4. The predicted octanol–water partition coefficient (Wildman–Crippen LogP) is 6.04. The third-order valence-corrected chi connectivity index (χ3v) is 5.13. The Balaban J connectivity index is 1.60. The minimum atomic E-state index is -0.488. The van der Waals surface area contributed by atoms with Crippen LogP contribution in [0, 0.1) is 11.7 Å². The van der Waals surface area contributed by atoms with Crippen LogP contribution in [0.3, 0.4) is 0 Å². The van der Waals surface area contributed by atoms with E-state index in [1.165, 1.54) is 50.4 Å². The summed E-state index contributed by atoms with van der Waals surface area (Å²) in [6, 6.07) is 4.58. The summed E-state index contributed by atoms with van der Waals surface area (Å²) in [6.45, 7) is 6.99. The van der Waals surface area contributed by atoms with Crippen molar-refractivity contribution in [2.24, 2.45) is 5.92 Å². The van der Waals surface area contributed by atoms with Gasteiger partial charge >= 0.3 is 0 Å². The summed E-state index contributed by atoms with van der Waals surface area (Å²) >= 11 is 0. The van der Waals surface area contributed by atoms with Crippen LogP contribution in [0.1, 0.15) is 75.6 Å². The van der Waals surface area contributed by atoms with Crippen LogP contribution in [0.15, 0.2) is 29.8 Å². The number of hydrogen-bond donors (Lipinski definition) is 0. The van der Waals surface area contributed by atoms with E-state index in [1.54, 1.807) is 12.1 Å². The van der Waals surface area contributed by atoms with E-state index in [1.807, 2.05) is 19.9 Å². The molecule has 0 heterocycles. The monoisotopic (exact) mass is 389 g/mol. The smallest absolute Gasteiger partial charge is 0.166 e. The number of nitrogens with zero attached hydrogens (tertiary/aromatic N) is 1. The molecule has 0 unspecified atom stereocenters. The van der Waals surface area contributed by atoms with Crippen molar-refractivity contribution < 1.29 is 13.9 Å². The van der Waals surface area contributed by atoms with Crippen molar-refractivity contribution in [3.63, 3.8) is 0 Å². The van der Waals surface area contributed by atoms with Gasteiger partial charge in [0.2, 0.25) is 0 Å². The standard InChI is InChI=1S/C24H36FNO2/c1-19(2)9-8-10-24(27)22-14-13-21(17-23(22)25)28-16-7-5-4-6-15-26(3)18-20-11-12-20/h9,13-14,17,20H,4-8,10-12,15-16,18H2,1-3H3. The number of benzene rings is 1. The van der Waals surface area contributed by atoms with Gasteiger partial charge in [0.25, 0.3) is 0 Å². The van der Waals surface area contributed by atoms with Crippen LogP contribution in [0.5, 0.6) is 5.75 Å². The van der Waals surface area contributed by atoms with E-state index in [0.717, 1.165) is 18.8 Å². The van der Waals surface area contributed by atoms with E-state index in [9.17, 15) is 9.18 Å². The van der Waals surface area contributed by atoms with Crippen molar-refractivity contribution in [2.75, 3.05) is 26.7 Å². The molecule has 0 bridgehead atoms. The van der Waals surface area contributed by atoms with Crippen LogP contribution < -0.4 is 4.74 Å². The quantitative estimate of drug-likeness (QED) is 0.221. The number of carbonyl (C=O) groups excluding carboxylic acids is 1. The van der Waals surface area contributed by atoms with Crippen LogP contribution in [0.4, 0.5) is 4.39 Å². The molecule has 28 heavy (non-hydrogen) atoms. The van der Waals surface area contributed by atoms with E-state index in [-0.39, 0.29) is 11.3 Å². The van der Waals surface area contributed by atoms with Gasteiger partial charge in [0, 0.05) is 19.0 Å². The zero-order valence-electron chi connectivity index (χ0n) is 17.8. The maximum Gasteiger partial charge on any atom is 0.166 e. The van der Waals surface area contributed by atoms with E-state index < -0.39 is 5.82 Å². The Labute approximate surface area is 170 Å². The number of carbonyl (C=O) groups is 1. The van der Waals surface area contributed by atoms with Crippen LogP contribution in [-0.2, 0) is 0 Å². The van der Waals surface area contributed by atoms with E-state index in [4.69, 9.17) is 4.74 Å². The van der Waals surface area contributed by atoms with Crippen molar-refractivity contribution in [1.29, 1.82) is 0 Å². The fraction of sp³-hybridized carbons (Fsp3) is 0.625. The average molecular weight is 390 g/mol. The van der Waals surface area contributed by atoms with E-state index >= 15 is 0 Å². The molecule has 1 aromatic rings. The summed E-state index contributed by atoms with van der Waals surface area (Å²) in [6.07, 6.45) is 10.3. The highest BCUT2D eigenvalue weighted by molar-refractivity contribution is 5.96. The number of ketones is 1. The molecule has 1 fully saturated rings. The van der Waals surface area contributed by atoms with Crippen molar-refractivity contribution in [1.82, 2.24) is 4.90 Å². The lowest BCUT2D eigenvalue weighted by Crippen LogP contribution is -2.22. The summed E-state index contributed by atoms with van der Waals surface area (Å²) in [5, 5.41) is 0. The topological polar surface area (TPSA) is 29.5 Å². The first-order valence-corrected chi connectivity index (χ1v) is 10.7. The number of allylic oxidation sites excluding steroid dienone is 2. The largest absolute Gasteiger partial charge is 0.493 e. The van der Waals surface area contributed by atoms with Gasteiger partial charge in [-0.05, 0) is 77.6 Å². The highest BCUT2D eigenvalue weighted by atomic mass is 19.1. The molecule has 1 saturated carbocycles. The molecule has 2 rings (SSSR count). The van der Waals surface area contributed by atoms with Gasteiger partial charge in [-0.25, -0.2) is 4.39 Å². The van der Waals surface area contributed by atoms with E-state index in [2.05, 4.69) is 11.9 Å². The SMILES string of the molecule is CC(C)=CCCC(=O)c1ccc(OCCCCCCN(C)CC2CC2)cc1F. The first kappa shape index (κ1) is 22.6. The minimum absolute atomic E-state index is 0.157. The Hall–Kier alpha value is -1.68. The summed E-state index contributed by atoms with van der Waals surface area (Å²) in [5.41, 5.74) is 1.33. The van der Waals surface area contributed by atoms with Crippen molar-refractivity contribution in [3.05, 3.63) is 41.2 Å². The maximum absolute atomic E-state index is 14.2. The molecule has 0 radical (unpaired) electrons. The van der Waals surface area contributed by atoms with Gasteiger partial charge in [-0.3, -0.25) is 4.79 Å². The molecule has 3 nitrogen and oxygen atoms in total. The molecule has 156 valence electrons. The van der Waals surface area contributed by atoms with Crippen LogP contribution in [-0.4, -0.2) is 37.4 Å². The average Bonchev–Trinajstić information content (AvgIpc) is 3.44. The number of Topliss-reactive ketones (excluding diaryl/α,β-unsaturated/α-hetero) is 1. The molecule has 4 heteroatoms. The molecule has 0 aliphatic heterocycles. The number of unbranched alkanes of at least 4 members (excludes halogenated alkanes) is 3. The van der Waals surface area contributed by atoms with Crippen molar-refractivity contribution in [3.8, 4) is 5.75 Å². The Bertz CT molecular complexity index is 648. The summed E-state index contributed by atoms with van der Waals surface area (Å²) in [4.78, 5) is 14.6. The number of hydrogen-bond acceptors (Lipinski definition) is 3. The molecule has 0 saturated heterocycles. The lowest BCUT2D eigenvalue weighted by molar-refractivity contribution is 0.0979. The molecule has 1 aliphatic rings. The van der Waals surface area contributed by atoms with Crippen LogP contribution >= 0.6 is 0 Å². The maximum atomic E-state index is 14.2. The minimum Gasteiger partial charge on any atom is -0.493 e. The van der Waals surface area contributed by atoms with Gasteiger partial charge in [0.1, 0.15) is 11.6 Å². The van der Waals surface area contributed by atoms with Gasteiger partial charge in [-0.15, -0.1) is 0 Å². The summed E-state index contributed by atoms with van der Waals surface area (Å²) in [5.74, 6) is 0.812. The Kier molecular flexibility index (Phi) is 9.69. The molecular formula is C24H36FNO2. The van der Waals surface area contributed by atoms with Gasteiger partial charge in [0.05, 0.1) is 12.2 Å².